The average molecular weight is 312 g/mol. The molecule has 0 bridgehead atoms. The van der Waals surface area contributed by atoms with E-state index in [1.165, 1.54) is 6.42 Å². The molecule has 0 unspecified atom stereocenters. The first-order valence-corrected chi connectivity index (χ1v) is 8.37. The van der Waals surface area contributed by atoms with E-state index < -0.39 is 0 Å². The molecule has 0 aromatic rings. The minimum absolute atomic E-state index is 0.238. The molecule has 2 fully saturated rings. The molecule has 2 aliphatic heterocycles. The van der Waals surface area contributed by atoms with Crippen LogP contribution < -0.4 is 5.73 Å². The number of hydrogen-bond acceptors (Lipinski definition) is 4. The van der Waals surface area contributed by atoms with Gasteiger partial charge in [0.1, 0.15) is 0 Å². The lowest BCUT2D eigenvalue weighted by atomic mass is 10.0. The summed E-state index contributed by atoms with van der Waals surface area (Å²) in [5, 5.41) is 0. The molecule has 0 aromatic carbocycles. The van der Waals surface area contributed by atoms with Crippen molar-refractivity contribution in [1.82, 2.24) is 14.7 Å². The summed E-state index contributed by atoms with van der Waals surface area (Å²) in [6.07, 6.45) is 3.57. The Hall–Kier alpha value is -0.720. The van der Waals surface area contributed by atoms with Crippen LogP contribution >= 0.6 is 12.2 Å². The van der Waals surface area contributed by atoms with E-state index >= 15 is 0 Å². The Bertz CT molecular complexity index is 385. The van der Waals surface area contributed by atoms with Crippen LogP contribution in [0.1, 0.15) is 33.1 Å². The highest BCUT2D eigenvalue weighted by atomic mass is 32.1. The van der Waals surface area contributed by atoms with E-state index in [0.29, 0.717) is 11.5 Å². The van der Waals surface area contributed by atoms with E-state index in [4.69, 9.17) is 18.0 Å². The standard InChI is InChI=1S/C15H28N4OS/c1-15(2,14(16)21)19-10-8-17(9-11-19)12-13(20)18-6-4-3-5-7-18/h3-12H2,1-2H3,(H2,16,21). The fourth-order valence-corrected chi connectivity index (χ4v) is 3.18. The molecule has 0 saturated carbocycles. The minimum atomic E-state index is -0.238. The molecule has 2 heterocycles. The van der Waals surface area contributed by atoms with Crippen LogP contribution in [0.3, 0.4) is 0 Å². The average Bonchev–Trinajstić information content (AvgIpc) is 2.48. The van der Waals surface area contributed by atoms with Crippen molar-refractivity contribution in [2.75, 3.05) is 45.8 Å². The van der Waals surface area contributed by atoms with E-state index in [0.717, 1.165) is 52.1 Å². The summed E-state index contributed by atoms with van der Waals surface area (Å²) in [7, 11) is 0. The van der Waals surface area contributed by atoms with E-state index in [1.54, 1.807) is 0 Å². The van der Waals surface area contributed by atoms with Crippen LogP contribution in [0.25, 0.3) is 0 Å². The third kappa shape index (κ3) is 4.14. The minimum Gasteiger partial charge on any atom is -0.392 e. The van der Waals surface area contributed by atoms with Crippen molar-refractivity contribution >= 4 is 23.1 Å². The van der Waals surface area contributed by atoms with Gasteiger partial charge in [-0.05, 0) is 33.1 Å². The van der Waals surface area contributed by atoms with Crippen molar-refractivity contribution in [2.45, 2.75) is 38.6 Å². The second-order valence-corrected chi connectivity index (χ2v) is 7.07. The molecule has 0 aliphatic carbocycles. The van der Waals surface area contributed by atoms with Crippen LogP contribution in [-0.2, 0) is 4.79 Å². The Morgan fingerprint density at radius 2 is 1.62 bits per heavy atom. The summed E-state index contributed by atoms with van der Waals surface area (Å²) in [6.45, 7) is 10.2. The lowest BCUT2D eigenvalue weighted by Gasteiger charge is -2.43. The van der Waals surface area contributed by atoms with Crippen LogP contribution in [0.15, 0.2) is 0 Å². The maximum atomic E-state index is 12.3. The van der Waals surface area contributed by atoms with Gasteiger partial charge in [-0.15, -0.1) is 0 Å². The fourth-order valence-electron chi connectivity index (χ4n) is 3.06. The van der Waals surface area contributed by atoms with Gasteiger partial charge in [-0.3, -0.25) is 14.6 Å². The molecule has 2 rings (SSSR count). The lowest BCUT2D eigenvalue weighted by molar-refractivity contribution is -0.133. The van der Waals surface area contributed by atoms with Crippen LogP contribution in [0, 0.1) is 0 Å². The lowest BCUT2D eigenvalue weighted by Crippen LogP contribution is -2.60. The van der Waals surface area contributed by atoms with Crippen LogP contribution in [0.5, 0.6) is 0 Å². The molecule has 2 aliphatic rings. The molecule has 21 heavy (non-hydrogen) atoms. The molecule has 6 heteroatoms. The summed E-state index contributed by atoms with van der Waals surface area (Å²) >= 11 is 5.16. The van der Waals surface area contributed by atoms with Crippen molar-refractivity contribution in [2.24, 2.45) is 5.73 Å². The highest BCUT2D eigenvalue weighted by Crippen LogP contribution is 2.17. The first-order valence-electron chi connectivity index (χ1n) is 7.96. The number of hydrogen-bond donors (Lipinski definition) is 1. The third-order valence-electron chi connectivity index (χ3n) is 4.83. The van der Waals surface area contributed by atoms with Gasteiger partial charge in [0.05, 0.1) is 17.1 Å². The van der Waals surface area contributed by atoms with Crippen molar-refractivity contribution in [1.29, 1.82) is 0 Å². The number of likely N-dealkylation sites (tertiary alicyclic amines) is 1. The largest absolute Gasteiger partial charge is 0.392 e. The molecular weight excluding hydrogens is 284 g/mol. The highest BCUT2D eigenvalue weighted by molar-refractivity contribution is 7.80. The molecule has 0 aromatic heterocycles. The van der Waals surface area contributed by atoms with Gasteiger partial charge in [0, 0.05) is 39.3 Å². The summed E-state index contributed by atoms with van der Waals surface area (Å²) in [5.74, 6) is 0.289. The van der Waals surface area contributed by atoms with Gasteiger partial charge < -0.3 is 10.6 Å². The van der Waals surface area contributed by atoms with E-state index in [-0.39, 0.29) is 11.4 Å². The van der Waals surface area contributed by atoms with Gasteiger partial charge in [0.2, 0.25) is 5.91 Å². The fraction of sp³-hybridized carbons (Fsp3) is 0.867. The number of thiocarbonyl (C=S) groups is 1. The Morgan fingerprint density at radius 3 is 2.14 bits per heavy atom. The topological polar surface area (TPSA) is 52.8 Å². The second-order valence-electron chi connectivity index (χ2n) is 6.63. The Morgan fingerprint density at radius 1 is 1.05 bits per heavy atom. The van der Waals surface area contributed by atoms with Crippen molar-refractivity contribution in [3.8, 4) is 0 Å². The number of nitrogens with zero attached hydrogens (tertiary/aromatic N) is 3. The highest BCUT2D eigenvalue weighted by Gasteiger charge is 2.32. The zero-order chi connectivity index (χ0) is 15.5. The van der Waals surface area contributed by atoms with Crippen molar-refractivity contribution < 1.29 is 4.79 Å². The van der Waals surface area contributed by atoms with Gasteiger partial charge in [0.15, 0.2) is 0 Å². The van der Waals surface area contributed by atoms with E-state index in [2.05, 4.69) is 23.6 Å². The van der Waals surface area contributed by atoms with Crippen molar-refractivity contribution in [3.05, 3.63) is 0 Å². The molecule has 0 radical (unpaired) electrons. The SMILES string of the molecule is CC(C)(C(N)=S)N1CCN(CC(=O)N2CCCCC2)CC1. The molecule has 0 spiro atoms. The number of amides is 1. The van der Waals surface area contributed by atoms with Crippen LogP contribution in [-0.4, -0.2) is 76.9 Å². The molecule has 120 valence electrons. The Labute approximate surface area is 133 Å². The van der Waals surface area contributed by atoms with Crippen LogP contribution in [0.4, 0.5) is 0 Å². The second kappa shape index (κ2) is 7.03. The van der Waals surface area contributed by atoms with Gasteiger partial charge in [0.25, 0.3) is 0 Å². The number of rotatable bonds is 4. The molecule has 5 nitrogen and oxygen atoms in total. The number of piperazine rings is 1. The molecule has 1 amide bonds. The number of nitrogens with two attached hydrogens (primary N) is 1. The van der Waals surface area contributed by atoms with Gasteiger partial charge in [-0.1, -0.05) is 12.2 Å². The summed E-state index contributed by atoms with van der Waals surface area (Å²) in [4.78, 5) is 19.4. The van der Waals surface area contributed by atoms with Gasteiger partial charge in [-0.2, -0.15) is 0 Å². The molecule has 2 N–H and O–H groups in total. The quantitative estimate of drug-likeness (QED) is 0.774. The zero-order valence-corrected chi connectivity index (χ0v) is 14.1. The molecular formula is C15H28N4OS. The van der Waals surface area contributed by atoms with Crippen LogP contribution in [0.2, 0.25) is 0 Å². The predicted molar refractivity (Wildman–Crippen MR) is 89.3 cm³/mol. The number of piperidine rings is 1. The first-order chi connectivity index (χ1) is 9.91. The number of carbonyl (C=O) groups is 1. The summed E-state index contributed by atoms with van der Waals surface area (Å²) < 4.78 is 0. The Balaban J connectivity index is 1.78. The third-order valence-corrected chi connectivity index (χ3v) is 5.33. The van der Waals surface area contributed by atoms with Gasteiger partial charge >= 0.3 is 0 Å². The zero-order valence-electron chi connectivity index (χ0n) is 13.3. The molecule has 0 atom stereocenters. The monoisotopic (exact) mass is 312 g/mol. The van der Waals surface area contributed by atoms with Crippen molar-refractivity contribution in [3.63, 3.8) is 0 Å². The predicted octanol–water partition coefficient (Wildman–Crippen LogP) is 0.681. The number of carbonyl (C=O) groups excluding carboxylic acids is 1. The Kier molecular flexibility index (Phi) is 5.57. The van der Waals surface area contributed by atoms with E-state index in [1.807, 2.05) is 4.90 Å². The first kappa shape index (κ1) is 16.6. The summed E-state index contributed by atoms with van der Waals surface area (Å²) in [6, 6.07) is 0. The maximum Gasteiger partial charge on any atom is 0.236 e. The smallest absolute Gasteiger partial charge is 0.236 e. The van der Waals surface area contributed by atoms with E-state index in [9.17, 15) is 4.79 Å². The maximum absolute atomic E-state index is 12.3. The summed E-state index contributed by atoms with van der Waals surface area (Å²) in [5.41, 5.74) is 5.59. The van der Waals surface area contributed by atoms with Gasteiger partial charge in [-0.25, -0.2) is 0 Å². The normalized spacial score (nSPS) is 22.3. The molecule has 2 saturated heterocycles.